The van der Waals surface area contributed by atoms with Crippen molar-refractivity contribution < 1.29 is 14.8 Å². The molecule has 3 rings (SSSR count). The van der Waals surface area contributed by atoms with Crippen LogP contribution in [-0.2, 0) is 9.59 Å². The van der Waals surface area contributed by atoms with Crippen LogP contribution in [0.2, 0.25) is 0 Å². The Hall–Kier alpha value is -2.66. The van der Waals surface area contributed by atoms with Gasteiger partial charge in [0.2, 0.25) is 5.91 Å². The van der Waals surface area contributed by atoms with Crippen molar-refractivity contribution in [2.75, 3.05) is 9.96 Å². The fourth-order valence-electron chi connectivity index (χ4n) is 2.64. The largest absolute Gasteiger partial charge is 0.288 e. The van der Waals surface area contributed by atoms with Gasteiger partial charge in [-0.05, 0) is 30.7 Å². The highest BCUT2D eigenvalue weighted by atomic mass is 16.5. The lowest BCUT2D eigenvalue weighted by atomic mass is 10.2. The molecule has 0 aliphatic carbocycles. The lowest BCUT2D eigenvalue weighted by Crippen LogP contribution is -2.40. The van der Waals surface area contributed by atoms with Gasteiger partial charge in [0, 0.05) is 0 Å². The average Bonchev–Trinajstić information content (AvgIpc) is 2.83. The van der Waals surface area contributed by atoms with Gasteiger partial charge in [0.05, 0.1) is 17.8 Å². The Bertz CT molecular complexity index is 715. The number of hydrogen-bond donors (Lipinski definition) is 1. The molecule has 2 aromatic rings. The number of hydrogen-bond acceptors (Lipinski definition) is 4. The van der Waals surface area contributed by atoms with Gasteiger partial charge in [-0.25, -0.2) is 9.96 Å². The van der Waals surface area contributed by atoms with Crippen LogP contribution in [0, 0.1) is 6.92 Å². The third-order valence-electron chi connectivity index (χ3n) is 3.80. The number of rotatable bonds is 3. The average molecular weight is 296 g/mol. The first-order chi connectivity index (χ1) is 10.6. The topological polar surface area (TPSA) is 60.9 Å². The minimum absolute atomic E-state index is 0.0431. The van der Waals surface area contributed by atoms with Crippen molar-refractivity contribution in [3.63, 3.8) is 0 Å². The number of benzene rings is 2. The van der Waals surface area contributed by atoms with E-state index in [0.717, 1.165) is 15.5 Å². The number of para-hydroxylation sites is 2. The van der Waals surface area contributed by atoms with E-state index in [1.807, 2.05) is 25.1 Å². The highest BCUT2D eigenvalue weighted by Crippen LogP contribution is 2.29. The molecule has 1 fully saturated rings. The molecule has 112 valence electrons. The lowest BCUT2D eigenvalue weighted by Gasteiger charge is -2.23. The number of carbonyl (C=O) groups excluding carboxylic acids is 2. The Morgan fingerprint density at radius 3 is 2.36 bits per heavy atom. The van der Waals surface area contributed by atoms with Crippen molar-refractivity contribution in [1.29, 1.82) is 0 Å². The molecule has 0 unspecified atom stereocenters. The highest BCUT2D eigenvalue weighted by Gasteiger charge is 2.43. The molecule has 0 aromatic heterocycles. The molecule has 1 aliphatic heterocycles. The first-order valence-electron chi connectivity index (χ1n) is 7.05. The molecule has 2 aromatic carbocycles. The molecular formula is C17H16N2O3. The Morgan fingerprint density at radius 2 is 1.68 bits per heavy atom. The molecule has 1 heterocycles. The summed E-state index contributed by atoms with van der Waals surface area (Å²) in [7, 11) is 0. The fraction of sp³-hybridized carbons (Fsp3) is 0.176. The maximum Gasteiger partial charge on any atom is 0.259 e. The maximum atomic E-state index is 12.6. The molecule has 0 bridgehead atoms. The summed E-state index contributed by atoms with van der Waals surface area (Å²) >= 11 is 0. The zero-order chi connectivity index (χ0) is 15.7. The quantitative estimate of drug-likeness (QED) is 0.698. The number of nitrogens with zero attached hydrogens (tertiary/aromatic N) is 2. The van der Waals surface area contributed by atoms with Gasteiger partial charge in [-0.1, -0.05) is 36.4 Å². The molecular weight excluding hydrogens is 280 g/mol. The Labute approximate surface area is 128 Å². The van der Waals surface area contributed by atoms with E-state index in [2.05, 4.69) is 0 Å². The zero-order valence-corrected chi connectivity index (χ0v) is 12.1. The molecule has 0 saturated carbocycles. The molecule has 1 N–H and O–H groups in total. The summed E-state index contributed by atoms with van der Waals surface area (Å²) in [4.78, 5) is 26.0. The number of amides is 2. The normalized spacial score (nSPS) is 17.9. The first-order valence-corrected chi connectivity index (χ1v) is 7.05. The molecule has 0 spiro atoms. The predicted octanol–water partition coefficient (Wildman–Crippen LogP) is 2.52. The maximum absolute atomic E-state index is 12.6. The van der Waals surface area contributed by atoms with E-state index in [1.165, 1.54) is 0 Å². The molecule has 5 nitrogen and oxygen atoms in total. The highest BCUT2D eigenvalue weighted by molar-refractivity contribution is 6.23. The molecule has 5 heteroatoms. The van der Waals surface area contributed by atoms with Gasteiger partial charge < -0.3 is 0 Å². The van der Waals surface area contributed by atoms with Crippen LogP contribution >= 0.6 is 0 Å². The van der Waals surface area contributed by atoms with Crippen LogP contribution in [0.3, 0.4) is 0 Å². The number of imide groups is 1. The van der Waals surface area contributed by atoms with Crippen molar-refractivity contribution in [2.24, 2.45) is 0 Å². The van der Waals surface area contributed by atoms with Crippen LogP contribution in [0.5, 0.6) is 0 Å². The lowest BCUT2D eigenvalue weighted by molar-refractivity contribution is -0.121. The van der Waals surface area contributed by atoms with E-state index < -0.39 is 11.9 Å². The smallest absolute Gasteiger partial charge is 0.259 e. The number of aryl methyl sites for hydroxylation is 1. The molecule has 22 heavy (non-hydrogen) atoms. The SMILES string of the molecule is Cc1ccccc1N1C(=O)C[C@@H](N(O)c2ccccc2)C1=O. The van der Waals surface area contributed by atoms with E-state index in [1.54, 1.807) is 36.4 Å². The second-order valence-corrected chi connectivity index (χ2v) is 5.25. The van der Waals surface area contributed by atoms with Crippen molar-refractivity contribution in [2.45, 2.75) is 19.4 Å². The molecule has 1 atom stereocenters. The first kappa shape index (κ1) is 14.3. The minimum Gasteiger partial charge on any atom is -0.288 e. The third-order valence-corrected chi connectivity index (χ3v) is 3.80. The summed E-state index contributed by atoms with van der Waals surface area (Å²) in [5.41, 5.74) is 1.90. The van der Waals surface area contributed by atoms with E-state index in [9.17, 15) is 14.8 Å². The van der Waals surface area contributed by atoms with Crippen LogP contribution in [0.15, 0.2) is 54.6 Å². The third kappa shape index (κ3) is 2.35. The number of anilines is 2. The minimum atomic E-state index is -0.894. The summed E-state index contributed by atoms with van der Waals surface area (Å²) in [5, 5.41) is 11.1. The van der Waals surface area contributed by atoms with Crippen LogP contribution < -0.4 is 9.96 Å². The number of hydroxylamine groups is 1. The molecule has 2 amide bonds. The predicted molar refractivity (Wildman–Crippen MR) is 82.8 cm³/mol. The Kier molecular flexibility index (Phi) is 3.65. The Morgan fingerprint density at radius 1 is 1.05 bits per heavy atom. The van der Waals surface area contributed by atoms with Crippen molar-refractivity contribution >= 4 is 23.2 Å². The van der Waals surface area contributed by atoms with Crippen LogP contribution in [0.1, 0.15) is 12.0 Å². The van der Waals surface area contributed by atoms with E-state index in [4.69, 9.17) is 0 Å². The van der Waals surface area contributed by atoms with E-state index >= 15 is 0 Å². The molecule has 1 saturated heterocycles. The van der Waals surface area contributed by atoms with Gasteiger partial charge >= 0.3 is 0 Å². The summed E-state index contributed by atoms with van der Waals surface area (Å²) < 4.78 is 0. The van der Waals surface area contributed by atoms with Gasteiger partial charge in [0.1, 0.15) is 6.04 Å². The standard InChI is InChI=1S/C17H16N2O3/c1-12-7-5-6-10-14(12)18-16(20)11-15(17(18)21)19(22)13-8-3-2-4-9-13/h2-10,15,22H,11H2,1H3/t15-/m1/s1. The van der Waals surface area contributed by atoms with Crippen molar-refractivity contribution in [1.82, 2.24) is 0 Å². The van der Waals surface area contributed by atoms with E-state index in [-0.39, 0.29) is 12.3 Å². The van der Waals surface area contributed by atoms with Gasteiger partial charge in [0.25, 0.3) is 5.91 Å². The van der Waals surface area contributed by atoms with Gasteiger partial charge in [-0.3, -0.25) is 14.8 Å². The second kappa shape index (κ2) is 5.61. The summed E-state index contributed by atoms with van der Waals surface area (Å²) in [6, 6.07) is 15.0. The van der Waals surface area contributed by atoms with Crippen molar-refractivity contribution in [3.8, 4) is 0 Å². The van der Waals surface area contributed by atoms with Gasteiger partial charge in [-0.15, -0.1) is 0 Å². The fourth-order valence-corrected chi connectivity index (χ4v) is 2.64. The van der Waals surface area contributed by atoms with Crippen LogP contribution in [0.25, 0.3) is 0 Å². The number of carbonyl (C=O) groups is 2. The second-order valence-electron chi connectivity index (χ2n) is 5.25. The summed E-state index contributed by atoms with van der Waals surface area (Å²) in [6.45, 7) is 1.84. The Balaban J connectivity index is 1.91. The van der Waals surface area contributed by atoms with E-state index in [0.29, 0.717) is 11.4 Å². The molecule has 0 radical (unpaired) electrons. The summed E-state index contributed by atoms with van der Waals surface area (Å²) in [6.07, 6.45) is -0.0431. The molecule has 1 aliphatic rings. The van der Waals surface area contributed by atoms with Crippen LogP contribution in [-0.4, -0.2) is 23.1 Å². The van der Waals surface area contributed by atoms with Crippen molar-refractivity contribution in [3.05, 3.63) is 60.2 Å². The zero-order valence-electron chi connectivity index (χ0n) is 12.1. The van der Waals surface area contributed by atoms with Gasteiger partial charge in [0.15, 0.2) is 0 Å². The van der Waals surface area contributed by atoms with Crippen LogP contribution in [0.4, 0.5) is 11.4 Å². The summed E-state index contributed by atoms with van der Waals surface area (Å²) in [5.74, 6) is -0.718. The monoisotopic (exact) mass is 296 g/mol. The van der Waals surface area contributed by atoms with Gasteiger partial charge in [-0.2, -0.15) is 0 Å².